The molecule has 6 heteroatoms. The molecule has 104 valence electrons. The number of halogens is 2. The van der Waals surface area contributed by atoms with Crippen molar-refractivity contribution >= 4 is 17.5 Å². The van der Waals surface area contributed by atoms with Gasteiger partial charge in [0.05, 0.1) is 5.02 Å². The second-order valence-corrected chi connectivity index (χ2v) is 4.95. The van der Waals surface area contributed by atoms with Gasteiger partial charge in [-0.1, -0.05) is 11.6 Å². The van der Waals surface area contributed by atoms with Gasteiger partial charge in [-0.3, -0.25) is 4.79 Å². The van der Waals surface area contributed by atoms with Crippen LogP contribution < -0.4 is 4.74 Å². The lowest BCUT2D eigenvalue weighted by Gasteiger charge is -2.16. The molecule has 1 atom stereocenters. The van der Waals surface area contributed by atoms with Gasteiger partial charge in [0.15, 0.2) is 6.61 Å². The number of carbonyl (C=O) groups is 1. The number of carbonyl (C=O) groups excluding carboxylic acids is 1. The Morgan fingerprint density at radius 1 is 1.58 bits per heavy atom. The molecule has 1 saturated heterocycles. The van der Waals surface area contributed by atoms with Crippen molar-refractivity contribution in [2.24, 2.45) is 5.92 Å². The largest absolute Gasteiger partial charge is 0.482 e. The number of hydrogen-bond acceptors (Lipinski definition) is 3. The van der Waals surface area contributed by atoms with Crippen LogP contribution >= 0.6 is 11.6 Å². The maximum absolute atomic E-state index is 12.8. The Hall–Kier alpha value is -1.33. The molecule has 1 aromatic rings. The van der Waals surface area contributed by atoms with E-state index in [2.05, 4.69) is 0 Å². The van der Waals surface area contributed by atoms with E-state index >= 15 is 0 Å². The first kappa shape index (κ1) is 14.1. The van der Waals surface area contributed by atoms with Gasteiger partial charge in [0.25, 0.3) is 5.91 Å². The van der Waals surface area contributed by atoms with Crippen molar-refractivity contribution in [2.45, 2.75) is 6.42 Å². The van der Waals surface area contributed by atoms with Crippen LogP contribution in [0.1, 0.15) is 6.42 Å². The molecule has 0 bridgehead atoms. The summed E-state index contributed by atoms with van der Waals surface area (Å²) in [6.45, 7) is 1.14. The quantitative estimate of drug-likeness (QED) is 0.917. The lowest BCUT2D eigenvalue weighted by molar-refractivity contribution is -0.132. The smallest absolute Gasteiger partial charge is 0.260 e. The van der Waals surface area contributed by atoms with E-state index in [1.54, 1.807) is 4.90 Å². The highest BCUT2D eigenvalue weighted by Crippen LogP contribution is 2.25. The molecule has 1 heterocycles. The number of benzene rings is 1. The van der Waals surface area contributed by atoms with Gasteiger partial charge >= 0.3 is 0 Å². The number of amides is 1. The summed E-state index contributed by atoms with van der Waals surface area (Å²) < 4.78 is 18.1. The standard InChI is InChI=1S/C13H15ClFNO3/c14-11-5-10(15)1-2-12(11)19-8-13(18)16-4-3-9(6-16)7-17/h1-2,5,9,17H,3-4,6-8H2. The molecule has 0 aromatic heterocycles. The SMILES string of the molecule is O=C(COc1ccc(F)cc1Cl)N1CCC(CO)C1. The lowest BCUT2D eigenvalue weighted by Crippen LogP contribution is -2.33. The number of aliphatic hydroxyl groups is 1. The van der Waals surface area contributed by atoms with Gasteiger partial charge in [-0.05, 0) is 24.6 Å². The van der Waals surface area contributed by atoms with Crippen molar-refractivity contribution in [1.29, 1.82) is 0 Å². The number of rotatable bonds is 4. The molecular weight excluding hydrogens is 273 g/mol. The fourth-order valence-corrected chi connectivity index (χ4v) is 2.25. The van der Waals surface area contributed by atoms with Crippen LogP contribution in [0.2, 0.25) is 5.02 Å². The molecule has 1 N–H and O–H groups in total. The summed E-state index contributed by atoms with van der Waals surface area (Å²) in [6.07, 6.45) is 0.805. The molecule has 0 radical (unpaired) electrons. The summed E-state index contributed by atoms with van der Waals surface area (Å²) in [7, 11) is 0. The average Bonchev–Trinajstić information content (AvgIpc) is 2.86. The predicted octanol–water partition coefficient (Wildman–Crippen LogP) is 1.70. The Kier molecular flexibility index (Phi) is 4.61. The van der Waals surface area contributed by atoms with Crippen LogP contribution in [0, 0.1) is 11.7 Å². The molecule has 1 amide bonds. The highest BCUT2D eigenvalue weighted by molar-refractivity contribution is 6.32. The zero-order chi connectivity index (χ0) is 13.8. The summed E-state index contributed by atoms with van der Waals surface area (Å²) in [5.74, 6) is -0.168. The van der Waals surface area contributed by atoms with Gasteiger partial charge in [-0.2, -0.15) is 0 Å². The fraction of sp³-hybridized carbons (Fsp3) is 0.462. The third kappa shape index (κ3) is 3.58. The zero-order valence-electron chi connectivity index (χ0n) is 10.3. The zero-order valence-corrected chi connectivity index (χ0v) is 11.1. The molecule has 1 fully saturated rings. The topological polar surface area (TPSA) is 49.8 Å². The maximum atomic E-state index is 12.8. The van der Waals surface area contributed by atoms with E-state index in [4.69, 9.17) is 21.4 Å². The van der Waals surface area contributed by atoms with Gasteiger partial charge in [0.2, 0.25) is 0 Å². The number of hydrogen-bond donors (Lipinski definition) is 1. The number of ether oxygens (including phenoxy) is 1. The van der Waals surface area contributed by atoms with Gasteiger partial charge < -0.3 is 14.7 Å². The van der Waals surface area contributed by atoms with Gasteiger partial charge in [-0.25, -0.2) is 4.39 Å². The lowest BCUT2D eigenvalue weighted by atomic mass is 10.1. The molecule has 0 spiro atoms. The second-order valence-electron chi connectivity index (χ2n) is 4.54. The Morgan fingerprint density at radius 2 is 2.37 bits per heavy atom. The molecular formula is C13H15ClFNO3. The van der Waals surface area contributed by atoms with Crippen LogP contribution in [0.15, 0.2) is 18.2 Å². The van der Waals surface area contributed by atoms with E-state index in [0.717, 1.165) is 12.5 Å². The molecule has 4 nitrogen and oxygen atoms in total. The first-order valence-electron chi connectivity index (χ1n) is 6.06. The van der Waals surface area contributed by atoms with Crippen LogP contribution in [0.4, 0.5) is 4.39 Å². The van der Waals surface area contributed by atoms with Crippen LogP contribution in [-0.4, -0.2) is 42.2 Å². The number of aliphatic hydroxyl groups excluding tert-OH is 1. The normalized spacial score (nSPS) is 18.7. The van der Waals surface area contributed by atoms with Crippen molar-refractivity contribution in [3.05, 3.63) is 29.0 Å². The Bertz CT molecular complexity index is 469. The van der Waals surface area contributed by atoms with Crippen molar-refractivity contribution in [2.75, 3.05) is 26.3 Å². The van der Waals surface area contributed by atoms with Crippen LogP contribution in [0.5, 0.6) is 5.75 Å². The Morgan fingerprint density at radius 3 is 3.00 bits per heavy atom. The van der Waals surface area contributed by atoms with E-state index in [1.165, 1.54) is 12.1 Å². The molecule has 0 aliphatic carbocycles. The van der Waals surface area contributed by atoms with E-state index in [9.17, 15) is 9.18 Å². The molecule has 0 saturated carbocycles. The molecule has 2 rings (SSSR count). The van der Waals surface area contributed by atoms with Gasteiger partial charge in [0.1, 0.15) is 11.6 Å². The maximum Gasteiger partial charge on any atom is 0.260 e. The Labute approximate surface area is 115 Å². The summed E-state index contributed by atoms with van der Waals surface area (Å²) >= 11 is 5.80. The monoisotopic (exact) mass is 287 g/mol. The minimum absolute atomic E-state index is 0.0917. The Balaban J connectivity index is 1.87. The average molecular weight is 288 g/mol. The van der Waals surface area contributed by atoms with E-state index in [0.29, 0.717) is 13.1 Å². The van der Waals surface area contributed by atoms with Crippen molar-refractivity contribution < 1.29 is 19.0 Å². The summed E-state index contributed by atoms with van der Waals surface area (Å²) in [5.41, 5.74) is 0. The fourth-order valence-electron chi connectivity index (χ4n) is 2.03. The third-order valence-electron chi connectivity index (χ3n) is 3.14. The molecule has 1 aliphatic heterocycles. The summed E-state index contributed by atoms with van der Waals surface area (Å²) in [4.78, 5) is 13.5. The first-order chi connectivity index (χ1) is 9.10. The van der Waals surface area contributed by atoms with E-state index in [1.807, 2.05) is 0 Å². The van der Waals surface area contributed by atoms with Gasteiger partial charge in [-0.15, -0.1) is 0 Å². The first-order valence-corrected chi connectivity index (χ1v) is 6.44. The summed E-state index contributed by atoms with van der Waals surface area (Å²) in [6, 6.07) is 3.76. The van der Waals surface area contributed by atoms with Crippen LogP contribution in [0.3, 0.4) is 0 Å². The number of likely N-dealkylation sites (tertiary alicyclic amines) is 1. The molecule has 1 aliphatic rings. The van der Waals surface area contributed by atoms with E-state index in [-0.39, 0.29) is 35.8 Å². The van der Waals surface area contributed by atoms with Gasteiger partial charge in [0, 0.05) is 25.6 Å². The van der Waals surface area contributed by atoms with E-state index < -0.39 is 5.82 Å². The second kappa shape index (κ2) is 6.21. The summed E-state index contributed by atoms with van der Waals surface area (Å²) in [5, 5.41) is 9.15. The molecule has 1 aromatic carbocycles. The number of nitrogens with zero attached hydrogens (tertiary/aromatic N) is 1. The van der Waals surface area contributed by atoms with Crippen LogP contribution in [0.25, 0.3) is 0 Å². The van der Waals surface area contributed by atoms with Crippen molar-refractivity contribution in [1.82, 2.24) is 4.90 Å². The van der Waals surface area contributed by atoms with Crippen molar-refractivity contribution in [3.8, 4) is 5.75 Å². The molecule has 19 heavy (non-hydrogen) atoms. The predicted molar refractivity (Wildman–Crippen MR) is 68.7 cm³/mol. The minimum Gasteiger partial charge on any atom is -0.482 e. The van der Waals surface area contributed by atoms with Crippen molar-refractivity contribution in [3.63, 3.8) is 0 Å². The van der Waals surface area contributed by atoms with Crippen LogP contribution in [-0.2, 0) is 4.79 Å². The highest BCUT2D eigenvalue weighted by atomic mass is 35.5. The minimum atomic E-state index is -0.450. The third-order valence-corrected chi connectivity index (χ3v) is 3.44. The molecule has 1 unspecified atom stereocenters. The highest BCUT2D eigenvalue weighted by Gasteiger charge is 2.25.